The number of methoxy groups -OCH3 is 1. The van der Waals surface area contributed by atoms with Gasteiger partial charge in [0.2, 0.25) is 15.9 Å². The van der Waals surface area contributed by atoms with E-state index in [0.717, 1.165) is 0 Å². The average molecular weight is 380 g/mol. The summed E-state index contributed by atoms with van der Waals surface area (Å²) >= 11 is 0. The lowest BCUT2D eigenvalue weighted by Gasteiger charge is -2.14. The summed E-state index contributed by atoms with van der Waals surface area (Å²) in [5.74, 6) is -0.665. The minimum Gasteiger partial charge on any atom is -0.495 e. The molecule has 8 heteroatoms. The van der Waals surface area contributed by atoms with Crippen LogP contribution in [-0.4, -0.2) is 27.5 Å². The zero-order valence-electron chi connectivity index (χ0n) is 14.7. The first-order chi connectivity index (χ1) is 12.2. The van der Waals surface area contributed by atoms with Gasteiger partial charge in [-0.05, 0) is 43.7 Å². The Labute approximate surface area is 152 Å². The van der Waals surface area contributed by atoms with Crippen LogP contribution in [0.3, 0.4) is 0 Å². The molecule has 0 saturated heterocycles. The van der Waals surface area contributed by atoms with Crippen LogP contribution in [0.15, 0.2) is 47.4 Å². The number of ether oxygens (including phenoxy) is 1. The Morgan fingerprint density at radius 2 is 1.88 bits per heavy atom. The lowest BCUT2D eigenvalue weighted by Crippen LogP contribution is -2.30. The van der Waals surface area contributed by atoms with E-state index in [1.54, 1.807) is 19.9 Å². The largest absolute Gasteiger partial charge is 0.495 e. The third-order valence-corrected chi connectivity index (χ3v) is 5.11. The van der Waals surface area contributed by atoms with Gasteiger partial charge >= 0.3 is 0 Å². The molecule has 0 fully saturated rings. The molecule has 2 N–H and O–H groups in total. The fourth-order valence-corrected chi connectivity index (χ4v) is 3.62. The zero-order valence-corrected chi connectivity index (χ0v) is 15.6. The van der Waals surface area contributed by atoms with Crippen LogP contribution in [0.2, 0.25) is 0 Å². The Kier molecular flexibility index (Phi) is 6.33. The third kappa shape index (κ3) is 5.03. The van der Waals surface area contributed by atoms with Crippen LogP contribution in [0.4, 0.5) is 10.1 Å². The maximum absolute atomic E-state index is 13.7. The number of benzene rings is 2. The average Bonchev–Trinajstić information content (AvgIpc) is 2.55. The van der Waals surface area contributed by atoms with Gasteiger partial charge in [0, 0.05) is 6.04 Å². The first-order valence-corrected chi connectivity index (χ1v) is 9.45. The second-order valence-electron chi connectivity index (χ2n) is 5.95. The van der Waals surface area contributed by atoms with E-state index in [9.17, 15) is 17.6 Å². The molecule has 2 aromatic carbocycles. The van der Waals surface area contributed by atoms with Gasteiger partial charge in [0.05, 0.1) is 24.1 Å². The van der Waals surface area contributed by atoms with Crippen molar-refractivity contribution in [3.05, 3.63) is 53.8 Å². The third-order valence-electron chi connectivity index (χ3n) is 3.46. The normalized spacial score (nSPS) is 11.4. The van der Waals surface area contributed by atoms with Gasteiger partial charge in [-0.1, -0.05) is 18.2 Å². The van der Waals surface area contributed by atoms with Crippen molar-refractivity contribution in [2.24, 2.45) is 0 Å². The molecule has 0 aliphatic carbocycles. The van der Waals surface area contributed by atoms with Crippen molar-refractivity contribution in [3.8, 4) is 5.75 Å². The van der Waals surface area contributed by atoms with Crippen LogP contribution >= 0.6 is 0 Å². The number of rotatable bonds is 7. The van der Waals surface area contributed by atoms with E-state index in [4.69, 9.17) is 4.74 Å². The minimum atomic E-state index is -3.73. The molecule has 0 aliphatic heterocycles. The number of carbonyl (C=O) groups excluding carboxylic acids is 1. The highest BCUT2D eigenvalue weighted by Gasteiger charge is 2.19. The van der Waals surface area contributed by atoms with E-state index in [1.165, 1.54) is 43.5 Å². The molecular formula is C18H21FN2O4S. The quantitative estimate of drug-likeness (QED) is 0.774. The van der Waals surface area contributed by atoms with Crippen molar-refractivity contribution >= 4 is 21.6 Å². The van der Waals surface area contributed by atoms with E-state index in [2.05, 4.69) is 10.0 Å². The summed E-state index contributed by atoms with van der Waals surface area (Å²) in [6.07, 6.45) is -0.183. The second kappa shape index (κ2) is 8.29. The number of halogens is 1. The summed E-state index contributed by atoms with van der Waals surface area (Å²) < 4.78 is 45.9. The standard InChI is InChI=1S/C18H21FN2O4S/c1-12(2)21-26(23,24)14-8-9-17(25-3)16(11-14)20-18(22)10-13-6-4-5-7-15(13)19/h4-9,11-12,21H,10H2,1-3H3,(H,20,22). The van der Waals surface area contributed by atoms with Crippen molar-refractivity contribution < 1.29 is 22.3 Å². The lowest BCUT2D eigenvalue weighted by atomic mass is 10.1. The molecule has 0 radical (unpaired) electrons. The van der Waals surface area contributed by atoms with Gasteiger partial charge in [0.25, 0.3) is 0 Å². The highest BCUT2D eigenvalue weighted by Crippen LogP contribution is 2.28. The van der Waals surface area contributed by atoms with Gasteiger partial charge in [-0.15, -0.1) is 0 Å². The summed E-state index contributed by atoms with van der Waals surface area (Å²) in [7, 11) is -2.32. The molecule has 0 unspecified atom stereocenters. The van der Waals surface area contributed by atoms with E-state index in [1.807, 2.05) is 0 Å². The second-order valence-corrected chi connectivity index (χ2v) is 7.67. The summed E-state index contributed by atoms with van der Waals surface area (Å²) in [6, 6.07) is 9.83. The van der Waals surface area contributed by atoms with E-state index in [-0.39, 0.29) is 28.6 Å². The van der Waals surface area contributed by atoms with Gasteiger partial charge in [-0.2, -0.15) is 0 Å². The SMILES string of the molecule is COc1ccc(S(=O)(=O)NC(C)C)cc1NC(=O)Cc1ccccc1F. The number of hydrogen-bond acceptors (Lipinski definition) is 4. The van der Waals surface area contributed by atoms with Crippen LogP contribution in [0.1, 0.15) is 19.4 Å². The Morgan fingerprint density at radius 1 is 1.19 bits per heavy atom. The molecule has 140 valence electrons. The molecule has 0 atom stereocenters. The van der Waals surface area contributed by atoms with Crippen LogP contribution < -0.4 is 14.8 Å². The molecule has 0 spiro atoms. The Bertz CT molecular complexity index is 898. The maximum atomic E-state index is 13.7. The molecule has 0 heterocycles. The molecule has 2 rings (SSSR count). The molecule has 6 nitrogen and oxygen atoms in total. The highest BCUT2D eigenvalue weighted by atomic mass is 32.2. The Balaban J connectivity index is 2.26. The van der Waals surface area contributed by atoms with Crippen molar-refractivity contribution in [2.45, 2.75) is 31.2 Å². The molecule has 2 aromatic rings. The van der Waals surface area contributed by atoms with Crippen molar-refractivity contribution in [3.63, 3.8) is 0 Å². The molecule has 26 heavy (non-hydrogen) atoms. The molecule has 1 amide bonds. The number of carbonyl (C=O) groups is 1. The van der Waals surface area contributed by atoms with Crippen molar-refractivity contribution in [1.82, 2.24) is 4.72 Å². The number of hydrogen-bond donors (Lipinski definition) is 2. The monoisotopic (exact) mass is 380 g/mol. The highest BCUT2D eigenvalue weighted by molar-refractivity contribution is 7.89. The zero-order chi connectivity index (χ0) is 19.3. The fraction of sp³-hybridized carbons (Fsp3) is 0.278. The number of nitrogens with one attached hydrogen (secondary N) is 2. The number of sulfonamides is 1. The van der Waals surface area contributed by atoms with Gasteiger partial charge < -0.3 is 10.1 Å². The fourth-order valence-electron chi connectivity index (χ4n) is 2.34. The van der Waals surface area contributed by atoms with Gasteiger partial charge in [0.15, 0.2) is 0 Å². The Hall–Kier alpha value is -2.45. The lowest BCUT2D eigenvalue weighted by molar-refractivity contribution is -0.115. The van der Waals surface area contributed by atoms with Crippen LogP contribution in [-0.2, 0) is 21.2 Å². The van der Waals surface area contributed by atoms with E-state index in [0.29, 0.717) is 5.75 Å². The first-order valence-electron chi connectivity index (χ1n) is 7.96. The van der Waals surface area contributed by atoms with E-state index < -0.39 is 21.7 Å². The predicted molar refractivity (Wildman–Crippen MR) is 97.2 cm³/mol. The first kappa shape index (κ1) is 19.9. The molecule has 0 saturated carbocycles. The minimum absolute atomic E-state index is 0.00630. The summed E-state index contributed by atoms with van der Waals surface area (Å²) in [5.41, 5.74) is 0.440. The molecule has 0 bridgehead atoms. The van der Waals surface area contributed by atoms with Crippen molar-refractivity contribution in [2.75, 3.05) is 12.4 Å². The topological polar surface area (TPSA) is 84.5 Å². The van der Waals surface area contributed by atoms with E-state index >= 15 is 0 Å². The molecule has 0 aromatic heterocycles. The molecule has 0 aliphatic rings. The van der Waals surface area contributed by atoms with Crippen LogP contribution in [0.5, 0.6) is 5.75 Å². The van der Waals surface area contributed by atoms with Crippen LogP contribution in [0.25, 0.3) is 0 Å². The van der Waals surface area contributed by atoms with Gasteiger partial charge in [-0.3, -0.25) is 4.79 Å². The molecular weight excluding hydrogens is 359 g/mol. The summed E-state index contributed by atoms with van der Waals surface area (Å²) in [6.45, 7) is 3.41. The van der Waals surface area contributed by atoms with Crippen molar-refractivity contribution in [1.29, 1.82) is 0 Å². The number of anilines is 1. The maximum Gasteiger partial charge on any atom is 0.240 e. The summed E-state index contributed by atoms with van der Waals surface area (Å²) in [4.78, 5) is 12.2. The number of amides is 1. The predicted octanol–water partition coefficient (Wildman–Crippen LogP) is 2.70. The van der Waals surface area contributed by atoms with Crippen LogP contribution in [0, 0.1) is 5.82 Å². The summed E-state index contributed by atoms with van der Waals surface area (Å²) in [5, 5.41) is 2.58. The van der Waals surface area contributed by atoms with Gasteiger partial charge in [0.1, 0.15) is 11.6 Å². The van der Waals surface area contributed by atoms with Gasteiger partial charge in [-0.25, -0.2) is 17.5 Å². The Morgan fingerprint density at radius 3 is 2.50 bits per heavy atom. The smallest absolute Gasteiger partial charge is 0.240 e.